The van der Waals surface area contributed by atoms with Crippen LogP contribution < -0.4 is 9.62 Å². The van der Waals surface area contributed by atoms with E-state index in [4.69, 9.17) is 0 Å². The summed E-state index contributed by atoms with van der Waals surface area (Å²) in [4.78, 5) is 2.17. The quantitative estimate of drug-likeness (QED) is 0.833. The number of benzene rings is 1. The van der Waals surface area contributed by atoms with E-state index < -0.39 is 16.1 Å². The van der Waals surface area contributed by atoms with E-state index in [0.717, 1.165) is 18.5 Å². The molecule has 1 atom stereocenters. The Kier molecular flexibility index (Phi) is 4.13. The summed E-state index contributed by atoms with van der Waals surface area (Å²) in [6.07, 6.45) is 0.158. The largest absolute Gasteiger partial charge is 0.387 e. The molecule has 1 heterocycles. The fourth-order valence-corrected chi connectivity index (χ4v) is 2.84. The minimum Gasteiger partial charge on any atom is -0.387 e. The highest BCUT2D eigenvalue weighted by atomic mass is 32.2. The van der Waals surface area contributed by atoms with Gasteiger partial charge in [-0.2, -0.15) is 0 Å². The van der Waals surface area contributed by atoms with Gasteiger partial charge in [-0.1, -0.05) is 12.1 Å². The number of nitrogens with zero attached hydrogens (tertiary/aromatic N) is 1. The second-order valence-corrected chi connectivity index (χ2v) is 6.92. The number of aliphatic hydroxyl groups excluding tert-OH is 1. The van der Waals surface area contributed by atoms with Gasteiger partial charge < -0.3 is 10.0 Å². The van der Waals surface area contributed by atoms with Gasteiger partial charge in [-0.15, -0.1) is 0 Å². The molecule has 0 aliphatic carbocycles. The third-order valence-corrected chi connectivity index (χ3v) is 4.86. The SMILES string of the molecule is CCS(=O)(=O)NCC(O)c1ccc2c(c1)CCN2C. The zero-order valence-electron chi connectivity index (χ0n) is 11.3. The number of hydrogen-bond acceptors (Lipinski definition) is 4. The summed E-state index contributed by atoms with van der Waals surface area (Å²) in [7, 11) is -1.22. The Bertz CT molecular complexity index is 557. The number of rotatable bonds is 5. The molecular weight excluding hydrogens is 264 g/mol. The second kappa shape index (κ2) is 5.48. The molecule has 0 saturated carbocycles. The molecule has 1 unspecified atom stereocenters. The highest BCUT2D eigenvalue weighted by Gasteiger charge is 2.18. The average Bonchev–Trinajstić information content (AvgIpc) is 2.77. The van der Waals surface area contributed by atoms with Crippen LogP contribution in [-0.4, -0.2) is 39.4 Å². The normalized spacial score (nSPS) is 16.5. The third kappa shape index (κ3) is 3.26. The predicted molar refractivity (Wildman–Crippen MR) is 75.8 cm³/mol. The minimum absolute atomic E-state index is 0.0187. The summed E-state index contributed by atoms with van der Waals surface area (Å²) in [6, 6.07) is 5.80. The summed E-state index contributed by atoms with van der Waals surface area (Å²) in [5.41, 5.74) is 3.15. The molecule has 0 spiro atoms. The van der Waals surface area contributed by atoms with E-state index in [1.165, 1.54) is 11.3 Å². The number of hydrogen-bond donors (Lipinski definition) is 2. The van der Waals surface area contributed by atoms with E-state index in [9.17, 15) is 13.5 Å². The van der Waals surface area contributed by atoms with Crippen molar-refractivity contribution in [1.29, 1.82) is 0 Å². The molecule has 2 N–H and O–H groups in total. The van der Waals surface area contributed by atoms with Crippen LogP contribution in [-0.2, 0) is 16.4 Å². The first-order valence-electron chi connectivity index (χ1n) is 6.42. The van der Waals surface area contributed by atoms with Gasteiger partial charge in [0, 0.05) is 25.8 Å². The van der Waals surface area contributed by atoms with E-state index >= 15 is 0 Å². The number of aliphatic hydroxyl groups is 1. The molecule has 0 saturated heterocycles. The number of nitrogens with one attached hydrogen (secondary N) is 1. The fourth-order valence-electron chi connectivity index (χ4n) is 2.22. The van der Waals surface area contributed by atoms with Crippen molar-refractivity contribution in [2.24, 2.45) is 0 Å². The Morgan fingerprint density at radius 3 is 2.89 bits per heavy atom. The van der Waals surface area contributed by atoms with Crippen LogP contribution >= 0.6 is 0 Å². The molecule has 106 valence electrons. The first kappa shape index (κ1) is 14.3. The van der Waals surface area contributed by atoms with Crippen molar-refractivity contribution in [3.05, 3.63) is 29.3 Å². The smallest absolute Gasteiger partial charge is 0.211 e. The molecule has 0 fully saturated rings. The van der Waals surface area contributed by atoms with E-state index in [0.29, 0.717) is 0 Å². The van der Waals surface area contributed by atoms with Gasteiger partial charge in [0.15, 0.2) is 0 Å². The highest BCUT2D eigenvalue weighted by molar-refractivity contribution is 7.89. The lowest BCUT2D eigenvalue weighted by atomic mass is 10.0. The molecular formula is C13H20N2O3S. The molecule has 1 aromatic carbocycles. The van der Waals surface area contributed by atoms with Gasteiger partial charge >= 0.3 is 0 Å². The molecule has 1 aromatic rings. The van der Waals surface area contributed by atoms with Gasteiger partial charge in [0.1, 0.15) is 0 Å². The summed E-state index contributed by atoms with van der Waals surface area (Å²) < 4.78 is 25.1. The maximum Gasteiger partial charge on any atom is 0.211 e. The first-order chi connectivity index (χ1) is 8.93. The lowest BCUT2D eigenvalue weighted by molar-refractivity contribution is 0.182. The van der Waals surface area contributed by atoms with Gasteiger partial charge in [-0.25, -0.2) is 13.1 Å². The predicted octanol–water partition coefficient (Wildman–Crippen LogP) is 0.652. The van der Waals surface area contributed by atoms with Crippen molar-refractivity contribution < 1.29 is 13.5 Å². The van der Waals surface area contributed by atoms with Crippen molar-refractivity contribution in [2.75, 3.05) is 30.8 Å². The Balaban J connectivity index is 2.06. The van der Waals surface area contributed by atoms with Gasteiger partial charge in [-0.05, 0) is 30.5 Å². The lowest BCUT2D eigenvalue weighted by Crippen LogP contribution is -2.29. The maximum atomic E-state index is 11.3. The fraction of sp³-hybridized carbons (Fsp3) is 0.538. The standard InChI is InChI=1S/C13H20N2O3S/c1-3-19(17,18)14-9-13(16)11-4-5-12-10(8-11)6-7-15(12)2/h4-5,8,13-14,16H,3,6-7,9H2,1-2H3. The van der Waals surface area contributed by atoms with E-state index in [-0.39, 0.29) is 12.3 Å². The van der Waals surface area contributed by atoms with Crippen LogP contribution in [0.2, 0.25) is 0 Å². The van der Waals surface area contributed by atoms with Gasteiger partial charge in [0.25, 0.3) is 0 Å². The number of likely N-dealkylation sites (N-methyl/N-ethyl adjacent to an activating group) is 1. The Morgan fingerprint density at radius 1 is 1.47 bits per heavy atom. The second-order valence-electron chi connectivity index (χ2n) is 4.83. The molecule has 5 nitrogen and oxygen atoms in total. The van der Waals surface area contributed by atoms with Crippen molar-refractivity contribution >= 4 is 15.7 Å². The average molecular weight is 284 g/mol. The van der Waals surface area contributed by atoms with Crippen LogP contribution in [0.1, 0.15) is 24.2 Å². The first-order valence-corrected chi connectivity index (χ1v) is 8.07. The van der Waals surface area contributed by atoms with Gasteiger partial charge in [-0.3, -0.25) is 0 Å². The summed E-state index contributed by atoms with van der Waals surface area (Å²) in [5.74, 6) is 0.0225. The van der Waals surface area contributed by atoms with Crippen LogP contribution in [0.4, 0.5) is 5.69 Å². The molecule has 0 amide bonds. The summed E-state index contributed by atoms with van der Waals surface area (Å²) >= 11 is 0. The Labute approximate surface area is 114 Å². The van der Waals surface area contributed by atoms with E-state index in [1.807, 2.05) is 25.2 Å². The zero-order chi connectivity index (χ0) is 14.0. The molecule has 0 radical (unpaired) electrons. The van der Waals surface area contributed by atoms with Crippen LogP contribution in [0.15, 0.2) is 18.2 Å². The van der Waals surface area contributed by atoms with Crippen molar-refractivity contribution in [3.63, 3.8) is 0 Å². The number of anilines is 1. The van der Waals surface area contributed by atoms with Crippen molar-refractivity contribution in [2.45, 2.75) is 19.4 Å². The molecule has 1 aliphatic heterocycles. The topological polar surface area (TPSA) is 69.6 Å². The van der Waals surface area contributed by atoms with Crippen LogP contribution in [0.25, 0.3) is 0 Å². The Morgan fingerprint density at radius 2 is 2.21 bits per heavy atom. The Hall–Kier alpha value is -1.11. The monoisotopic (exact) mass is 284 g/mol. The highest BCUT2D eigenvalue weighted by Crippen LogP contribution is 2.29. The minimum atomic E-state index is -3.26. The summed E-state index contributed by atoms with van der Waals surface area (Å²) in [5, 5.41) is 10.0. The number of fused-ring (bicyclic) bond motifs is 1. The lowest BCUT2D eigenvalue weighted by Gasteiger charge is -2.15. The molecule has 0 aromatic heterocycles. The summed E-state index contributed by atoms with van der Waals surface area (Å²) in [6.45, 7) is 2.57. The van der Waals surface area contributed by atoms with Gasteiger partial charge in [0.2, 0.25) is 10.0 Å². The third-order valence-electron chi connectivity index (χ3n) is 3.49. The molecule has 2 rings (SSSR count). The molecule has 0 bridgehead atoms. The van der Waals surface area contributed by atoms with Crippen LogP contribution in [0.3, 0.4) is 0 Å². The zero-order valence-corrected chi connectivity index (χ0v) is 12.1. The molecule has 1 aliphatic rings. The molecule has 19 heavy (non-hydrogen) atoms. The van der Waals surface area contributed by atoms with Crippen LogP contribution in [0.5, 0.6) is 0 Å². The van der Waals surface area contributed by atoms with Crippen molar-refractivity contribution in [3.8, 4) is 0 Å². The number of sulfonamides is 1. The van der Waals surface area contributed by atoms with E-state index in [1.54, 1.807) is 6.92 Å². The van der Waals surface area contributed by atoms with Gasteiger partial charge in [0.05, 0.1) is 11.9 Å². The van der Waals surface area contributed by atoms with E-state index in [2.05, 4.69) is 9.62 Å². The maximum absolute atomic E-state index is 11.3. The molecule has 6 heteroatoms. The van der Waals surface area contributed by atoms with Crippen molar-refractivity contribution in [1.82, 2.24) is 4.72 Å². The van der Waals surface area contributed by atoms with Crippen LogP contribution in [0, 0.1) is 0 Å².